The molecule has 0 bridgehead atoms. The van der Waals surface area contributed by atoms with E-state index in [1.165, 1.54) is 28.0 Å². The summed E-state index contributed by atoms with van der Waals surface area (Å²) in [5, 5.41) is 0. The third-order valence-electron chi connectivity index (χ3n) is 4.85. The summed E-state index contributed by atoms with van der Waals surface area (Å²) in [6.45, 7) is 3.91. The normalized spacial score (nSPS) is 13.8. The topological polar surface area (TPSA) is 85.1 Å². The highest BCUT2D eigenvalue weighted by atomic mass is 19.1. The molecule has 0 saturated carbocycles. The summed E-state index contributed by atoms with van der Waals surface area (Å²) in [4.78, 5) is 27.7. The van der Waals surface area contributed by atoms with E-state index in [0.29, 0.717) is 50.8 Å². The van der Waals surface area contributed by atoms with Crippen molar-refractivity contribution in [3.05, 3.63) is 59.4 Å². The molecule has 0 radical (unpaired) electrons. The smallest absolute Gasteiger partial charge is 0.409 e. The molecular weight excluding hydrogens is 389 g/mol. The number of benzene rings is 2. The Hall–Kier alpha value is -3.13. The van der Waals surface area contributed by atoms with Crippen LogP contribution in [0.4, 0.5) is 9.18 Å². The maximum absolute atomic E-state index is 14.4. The molecular formula is C22H26FN3O4. The average molecular weight is 415 g/mol. The van der Waals surface area contributed by atoms with E-state index in [4.69, 9.17) is 15.2 Å². The van der Waals surface area contributed by atoms with Crippen molar-refractivity contribution < 1.29 is 23.5 Å². The van der Waals surface area contributed by atoms with Crippen LogP contribution in [-0.4, -0.2) is 61.1 Å². The second-order valence-corrected chi connectivity index (χ2v) is 6.90. The summed E-state index contributed by atoms with van der Waals surface area (Å²) in [5.74, 6) is -0.0847. The van der Waals surface area contributed by atoms with Crippen LogP contribution in [0.15, 0.2) is 42.5 Å². The van der Waals surface area contributed by atoms with Crippen LogP contribution in [-0.2, 0) is 11.2 Å². The molecule has 1 aliphatic heterocycles. The van der Waals surface area contributed by atoms with Gasteiger partial charge in [0.05, 0.1) is 12.2 Å². The Labute approximate surface area is 175 Å². The molecule has 0 aliphatic carbocycles. The molecule has 2 aromatic carbocycles. The minimum Gasteiger partial charge on any atom is -0.457 e. The first-order valence-corrected chi connectivity index (χ1v) is 9.99. The van der Waals surface area contributed by atoms with E-state index >= 15 is 0 Å². The molecule has 1 saturated heterocycles. The van der Waals surface area contributed by atoms with Crippen molar-refractivity contribution >= 4 is 12.0 Å². The fraction of sp³-hybridized carbons (Fsp3) is 0.364. The number of piperazine rings is 1. The zero-order valence-electron chi connectivity index (χ0n) is 17.0. The third-order valence-corrected chi connectivity index (χ3v) is 4.85. The van der Waals surface area contributed by atoms with Crippen molar-refractivity contribution in [2.45, 2.75) is 13.3 Å². The third kappa shape index (κ3) is 5.27. The highest BCUT2D eigenvalue weighted by Gasteiger charge is 2.27. The number of amides is 2. The summed E-state index contributed by atoms with van der Waals surface area (Å²) >= 11 is 0. The predicted octanol–water partition coefficient (Wildman–Crippen LogP) is 3.03. The Bertz CT molecular complexity index is 880. The van der Waals surface area contributed by atoms with Crippen LogP contribution in [0.2, 0.25) is 0 Å². The van der Waals surface area contributed by atoms with Crippen LogP contribution < -0.4 is 10.5 Å². The molecule has 1 aliphatic rings. The van der Waals surface area contributed by atoms with Gasteiger partial charge in [-0.1, -0.05) is 12.1 Å². The van der Waals surface area contributed by atoms with Crippen LogP contribution in [0.25, 0.3) is 0 Å². The monoisotopic (exact) mass is 415 g/mol. The van der Waals surface area contributed by atoms with Gasteiger partial charge in [-0.2, -0.15) is 0 Å². The molecule has 30 heavy (non-hydrogen) atoms. The van der Waals surface area contributed by atoms with Gasteiger partial charge in [0, 0.05) is 26.2 Å². The van der Waals surface area contributed by atoms with Gasteiger partial charge in [0.15, 0.2) is 0 Å². The van der Waals surface area contributed by atoms with E-state index in [9.17, 15) is 14.0 Å². The number of hydrogen-bond acceptors (Lipinski definition) is 5. The van der Waals surface area contributed by atoms with Crippen molar-refractivity contribution in [1.29, 1.82) is 0 Å². The number of ether oxygens (including phenoxy) is 2. The summed E-state index contributed by atoms with van der Waals surface area (Å²) in [5.41, 5.74) is 6.59. The first kappa shape index (κ1) is 21.6. The Kier molecular flexibility index (Phi) is 7.24. The van der Waals surface area contributed by atoms with Crippen LogP contribution >= 0.6 is 0 Å². The summed E-state index contributed by atoms with van der Waals surface area (Å²) < 4.78 is 25.1. The fourth-order valence-electron chi connectivity index (χ4n) is 3.24. The number of halogens is 1. The van der Waals surface area contributed by atoms with E-state index in [1.54, 1.807) is 6.92 Å². The van der Waals surface area contributed by atoms with Gasteiger partial charge in [-0.15, -0.1) is 0 Å². The lowest BCUT2D eigenvalue weighted by atomic mass is 10.1. The molecule has 3 rings (SSSR count). The number of carbonyl (C=O) groups is 2. The molecule has 0 aromatic heterocycles. The minimum absolute atomic E-state index is 0.0585. The Morgan fingerprint density at radius 1 is 1.00 bits per heavy atom. The lowest BCUT2D eigenvalue weighted by molar-refractivity contribution is 0.0566. The SMILES string of the molecule is CCOC(=O)N1CCN(C(=O)c2cc(Oc3ccc(CCN)cc3)ccc2F)CC1. The van der Waals surface area contributed by atoms with E-state index < -0.39 is 17.8 Å². The highest BCUT2D eigenvalue weighted by Crippen LogP contribution is 2.25. The standard InChI is InChI=1S/C22H26FN3O4/c1-2-29-22(28)26-13-11-25(12-14-26)21(27)19-15-18(7-8-20(19)23)30-17-5-3-16(4-6-17)9-10-24/h3-8,15H,2,9-14,24H2,1H3. The second kappa shape index (κ2) is 10.1. The van der Waals surface area contributed by atoms with E-state index in [1.807, 2.05) is 24.3 Å². The minimum atomic E-state index is -0.613. The maximum Gasteiger partial charge on any atom is 0.409 e. The van der Waals surface area contributed by atoms with Crippen molar-refractivity contribution in [2.24, 2.45) is 5.73 Å². The number of rotatable bonds is 6. The van der Waals surface area contributed by atoms with Crippen molar-refractivity contribution in [3.63, 3.8) is 0 Å². The molecule has 2 amide bonds. The summed E-state index contributed by atoms with van der Waals surface area (Å²) in [6, 6.07) is 11.6. The number of nitrogens with zero attached hydrogens (tertiary/aromatic N) is 2. The van der Waals surface area contributed by atoms with Crippen molar-refractivity contribution in [3.8, 4) is 11.5 Å². The zero-order chi connectivity index (χ0) is 21.5. The zero-order valence-corrected chi connectivity index (χ0v) is 17.0. The Balaban J connectivity index is 1.66. The van der Waals surface area contributed by atoms with Gasteiger partial charge in [-0.3, -0.25) is 4.79 Å². The summed E-state index contributed by atoms with van der Waals surface area (Å²) in [6.07, 6.45) is 0.377. The molecule has 2 N–H and O–H groups in total. The molecule has 160 valence electrons. The Morgan fingerprint density at radius 2 is 1.63 bits per heavy atom. The van der Waals surface area contributed by atoms with Crippen molar-refractivity contribution in [1.82, 2.24) is 9.80 Å². The molecule has 1 heterocycles. The van der Waals surface area contributed by atoms with Crippen LogP contribution in [0.3, 0.4) is 0 Å². The average Bonchev–Trinajstić information content (AvgIpc) is 2.76. The van der Waals surface area contributed by atoms with Crippen molar-refractivity contribution in [2.75, 3.05) is 39.3 Å². The highest BCUT2D eigenvalue weighted by molar-refractivity contribution is 5.95. The van der Waals surface area contributed by atoms with Gasteiger partial charge in [0.1, 0.15) is 17.3 Å². The van der Waals surface area contributed by atoms with E-state index in [-0.39, 0.29) is 5.56 Å². The quantitative estimate of drug-likeness (QED) is 0.784. The second-order valence-electron chi connectivity index (χ2n) is 6.90. The van der Waals surface area contributed by atoms with Crippen LogP contribution in [0.1, 0.15) is 22.8 Å². The maximum atomic E-state index is 14.4. The lowest BCUT2D eigenvalue weighted by Crippen LogP contribution is -2.50. The van der Waals surface area contributed by atoms with Gasteiger partial charge >= 0.3 is 6.09 Å². The number of nitrogens with two attached hydrogens (primary N) is 1. The molecule has 2 aromatic rings. The first-order valence-electron chi connectivity index (χ1n) is 9.99. The molecule has 0 unspecified atom stereocenters. The molecule has 7 nitrogen and oxygen atoms in total. The summed E-state index contributed by atoms with van der Waals surface area (Å²) in [7, 11) is 0. The Morgan fingerprint density at radius 3 is 2.27 bits per heavy atom. The van der Waals surface area contributed by atoms with Gasteiger partial charge in [-0.05, 0) is 55.8 Å². The fourth-order valence-corrected chi connectivity index (χ4v) is 3.24. The number of carbonyl (C=O) groups excluding carboxylic acids is 2. The molecule has 8 heteroatoms. The number of hydrogen-bond donors (Lipinski definition) is 1. The largest absolute Gasteiger partial charge is 0.457 e. The van der Waals surface area contributed by atoms with Gasteiger partial charge in [0.2, 0.25) is 0 Å². The van der Waals surface area contributed by atoms with Crippen LogP contribution in [0, 0.1) is 5.82 Å². The van der Waals surface area contributed by atoms with Gasteiger partial charge < -0.3 is 25.0 Å². The van der Waals surface area contributed by atoms with E-state index in [0.717, 1.165) is 12.0 Å². The predicted molar refractivity (Wildman–Crippen MR) is 110 cm³/mol. The van der Waals surface area contributed by atoms with E-state index in [2.05, 4.69) is 0 Å². The molecule has 0 spiro atoms. The first-order chi connectivity index (χ1) is 14.5. The van der Waals surface area contributed by atoms with Gasteiger partial charge in [0.25, 0.3) is 5.91 Å². The van der Waals surface area contributed by atoms with Crippen LogP contribution in [0.5, 0.6) is 11.5 Å². The van der Waals surface area contributed by atoms with Gasteiger partial charge in [-0.25, -0.2) is 9.18 Å². The molecule has 0 atom stereocenters. The molecule has 1 fully saturated rings. The lowest BCUT2D eigenvalue weighted by Gasteiger charge is -2.34.